The normalized spacial score (nSPS) is 12.2. The van der Waals surface area contributed by atoms with Crippen LogP contribution in [0.1, 0.15) is 5.56 Å². The van der Waals surface area contributed by atoms with Crippen LogP contribution in [0.4, 0.5) is 4.39 Å². The summed E-state index contributed by atoms with van der Waals surface area (Å²) in [7, 11) is 0. The highest BCUT2D eigenvalue weighted by Crippen LogP contribution is 2.20. The maximum absolute atomic E-state index is 13.9. The molecule has 2 heterocycles. The maximum Gasteiger partial charge on any atom is 0.291 e. The van der Waals surface area contributed by atoms with E-state index in [1.807, 2.05) is 30.3 Å². The molecule has 0 saturated carbocycles. The second-order valence-electron chi connectivity index (χ2n) is 5.05. The lowest BCUT2D eigenvalue weighted by molar-refractivity contribution is 0.625. The van der Waals surface area contributed by atoms with E-state index in [0.29, 0.717) is 15.3 Å². The third-order valence-electron chi connectivity index (χ3n) is 3.49. The van der Waals surface area contributed by atoms with Crippen LogP contribution in [0.2, 0.25) is 5.02 Å². The average Bonchev–Trinajstić information content (AvgIpc) is 3.12. The summed E-state index contributed by atoms with van der Waals surface area (Å²) in [5, 5.41) is 4.49. The van der Waals surface area contributed by atoms with Crippen LogP contribution in [-0.4, -0.2) is 14.6 Å². The summed E-state index contributed by atoms with van der Waals surface area (Å²) in [6.45, 7) is 0. The first-order valence-corrected chi connectivity index (χ1v) is 8.23. The smallest absolute Gasteiger partial charge is 0.266 e. The van der Waals surface area contributed by atoms with Gasteiger partial charge in [0.05, 0.1) is 9.55 Å². The molecule has 0 fully saturated rings. The van der Waals surface area contributed by atoms with Crippen molar-refractivity contribution in [1.82, 2.24) is 14.6 Å². The fourth-order valence-corrected chi connectivity index (χ4v) is 3.43. The van der Waals surface area contributed by atoms with Crippen molar-refractivity contribution in [2.45, 2.75) is 0 Å². The molecule has 0 aliphatic heterocycles. The van der Waals surface area contributed by atoms with Crippen molar-refractivity contribution in [2.75, 3.05) is 0 Å². The SMILES string of the molecule is O=c1/c(=C\c2c(F)cccc2Cl)sc2nc(-c3ccccc3)nn12. The molecule has 2 aromatic heterocycles. The monoisotopic (exact) mass is 357 g/mol. The predicted molar refractivity (Wildman–Crippen MR) is 92.8 cm³/mol. The largest absolute Gasteiger partial charge is 0.291 e. The molecule has 24 heavy (non-hydrogen) atoms. The Morgan fingerprint density at radius 1 is 1.12 bits per heavy atom. The molecule has 0 N–H and O–H groups in total. The van der Waals surface area contributed by atoms with Crippen LogP contribution in [0, 0.1) is 5.82 Å². The summed E-state index contributed by atoms with van der Waals surface area (Å²) in [5.41, 5.74) is 0.670. The minimum Gasteiger partial charge on any atom is -0.266 e. The first-order valence-electron chi connectivity index (χ1n) is 7.04. The molecule has 0 atom stereocenters. The third kappa shape index (κ3) is 2.50. The number of hydrogen-bond acceptors (Lipinski definition) is 4. The van der Waals surface area contributed by atoms with Crippen LogP contribution in [0.3, 0.4) is 0 Å². The van der Waals surface area contributed by atoms with Gasteiger partial charge in [0.25, 0.3) is 5.56 Å². The van der Waals surface area contributed by atoms with Gasteiger partial charge in [-0.15, -0.1) is 5.10 Å². The summed E-state index contributed by atoms with van der Waals surface area (Å²) >= 11 is 7.15. The highest BCUT2D eigenvalue weighted by molar-refractivity contribution is 7.15. The molecule has 7 heteroatoms. The summed E-state index contributed by atoms with van der Waals surface area (Å²) in [6, 6.07) is 13.8. The number of halogens is 2. The van der Waals surface area contributed by atoms with Gasteiger partial charge in [-0.25, -0.2) is 4.39 Å². The highest BCUT2D eigenvalue weighted by atomic mass is 35.5. The molecule has 0 amide bonds. The first kappa shape index (κ1) is 15.0. The molecule has 4 rings (SSSR count). The van der Waals surface area contributed by atoms with Crippen LogP contribution < -0.4 is 10.1 Å². The van der Waals surface area contributed by atoms with E-state index in [1.54, 1.807) is 6.07 Å². The summed E-state index contributed by atoms with van der Waals surface area (Å²) in [5.74, 6) is 0.000276. The number of aromatic nitrogens is 3. The maximum atomic E-state index is 13.9. The van der Waals surface area contributed by atoms with Crippen LogP contribution in [-0.2, 0) is 0 Å². The average molecular weight is 358 g/mol. The van der Waals surface area contributed by atoms with Gasteiger partial charge < -0.3 is 0 Å². The van der Waals surface area contributed by atoms with Crippen molar-refractivity contribution in [3.8, 4) is 11.4 Å². The summed E-state index contributed by atoms with van der Waals surface area (Å²) in [4.78, 5) is 17.3. The number of rotatable bonds is 2. The Bertz CT molecular complexity index is 1130. The lowest BCUT2D eigenvalue weighted by Gasteiger charge is -1.97. The van der Waals surface area contributed by atoms with Gasteiger partial charge in [-0.1, -0.05) is 59.3 Å². The Morgan fingerprint density at radius 3 is 2.62 bits per heavy atom. The van der Waals surface area contributed by atoms with Crippen molar-refractivity contribution in [1.29, 1.82) is 0 Å². The van der Waals surface area contributed by atoms with Crippen LogP contribution >= 0.6 is 22.9 Å². The van der Waals surface area contributed by atoms with Gasteiger partial charge in [0.2, 0.25) is 4.96 Å². The Morgan fingerprint density at radius 2 is 1.92 bits per heavy atom. The number of fused-ring (bicyclic) bond motifs is 1. The van der Waals surface area contributed by atoms with Gasteiger partial charge in [0.1, 0.15) is 5.82 Å². The molecule has 0 aliphatic rings. The number of thiazole rings is 1. The quantitative estimate of drug-likeness (QED) is 0.553. The lowest BCUT2D eigenvalue weighted by atomic mass is 10.2. The molecular formula is C17H9ClFN3OS. The van der Waals surface area contributed by atoms with E-state index in [1.165, 1.54) is 22.7 Å². The van der Waals surface area contributed by atoms with Crippen molar-refractivity contribution in [2.24, 2.45) is 0 Å². The molecular weight excluding hydrogens is 349 g/mol. The molecule has 4 nitrogen and oxygen atoms in total. The highest BCUT2D eigenvalue weighted by Gasteiger charge is 2.12. The Labute approximate surface area is 144 Å². The lowest BCUT2D eigenvalue weighted by Crippen LogP contribution is -2.23. The van der Waals surface area contributed by atoms with E-state index in [9.17, 15) is 9.18 Å². The molecule has 0 unspecified atom stereocenters. The third-order valence-corrected chi connectivity index (χ3v) is 4.78. The van der Waals surface area contributed by atoms with Crippen LogP contribution in [0.15, 0.2) is 53.3 Å². The molecule has 0 bridgehead atoms. The fraction of sp³-hybridized carbons (Fsp3) is 0. The van der Waals surface area contributed by atoms with E-state index in [0.717, 1.165) is 16.9 Å². The summed E-state index contributed by atoms with van der Waals surface area (Å²) < 4.78 is 15.4. The molecule has 2 aromatic carbocycles. The van der Waals surface area contributed by atoms with Gasteiger partial charge in [-0.2, -0.15) is 9.50 Å². The van der Waals surface area contributed by atoms with Gasteiger partial charge in [0, 0.05) is 11.1 Å². The van der Waals surface area contributed by atoms with E-state index >= 15 is 0 Å². The van der Waals surface area contributed by atoms with Crippen molar-refractivity contribution in [3.05, 3.63) is 79.8 Å². The second-order valence-corrected chi connectivity index (χ2v) is 6.46. The second kappa shape index (κ2) is 5.81. The Hall–Kier alpha value is -2.57. The number of nitrogens with zero attached hydrogens (tertiary/aromatic N) is 3. The zero-order chi connectivity index (χ0) is 16.7. The van der Waals surface area contributed by atoms with E-state index in [4.69, 9.17) is 11.6 Å². The number of hydrogen-bond donors (Lipinski definition) is 0. The van der Waals surface area contributed by atoms with Gasteiger partial charge in [0.15, 0.2) is 5.82 Å². The summed E-state index contributed by atoms with van der Waals surface area (Å²) in [6.07, 6.45) is 1.43. The Balaban J connectivity index is 1.88. The van der Waals surface area contributed by atoms with E-state index in [-0.39, 0.29) is 16.1 Å². The zero-order valence-corrected chi connectivity index (χ0v) is 13.7. The molecule has 0 saturated heterocycles. The van der Waals surface area contributed by atoms with Crippen LogP contribution in [0.25, 0.3) is 22.4 Å². The first-order chi connectivity index (χ1) is 11.6. The zero-order valence-electron chi connectivity index (χ0n) is 12.1. The van der Waals surface area contributed by atoms with Crippen LogP contribution in [0.5, 0.6) is 0 Å². The van der Waals surface area contributed by atoms with Crippen molar-refractivity contribution in [3.63, 3.8) is 0 Å². The molecule has 0 radical (unpaired) electrons. The molecule has 0 spiro atoms. The minimum absolute atomic E-state index is 0.184. The topological polar surface area (TPSA) is 47.3 Å². The fourth-order valence-electron chi connectivity index (χ4n) is 2.32. The molecule has 0 aliphatic carbocycles. The predicted octanol–water partition coefficient (Wildman–Crippen LogP) is 3.16. The molecule has 4 aromatic rings. The minimum atomic E-state index is -0.481. The molecule has 118 valence electrons. The van der Waals surface area contributed by atoms with Gasteiger partial charge in [-0.3, -0.25) is 4.79 Å². The van der Waals surface area contributed by atoms with Gasteiger partial charge in [-0.05, 0) is 18.2 Å². The van der Waals surface area contributed by atoms with Crippen molar-refractivity contribution < 1.29 is 4.39 Å². The van der Waals surface area contributed by atoms with E-state index < -0.39 is 5.82 Å². The van der Waals surface area contributed by atoms with Gasteiger partial charge >= 0.3 is 0 Å². The van der Waals surface area contributed by atoms with Crippen molar-refractivity contribution >= 4 is 34.0 Å². The standard InChI is InChI=1S/C17H9ClFN3OS/c18-12-7-4-8-13(19)11(12)9-14-16(23)22-17(24-14)20-15(21-22)10-5-2-1-3-6-10/h1-9H/b14-9+. The van der Waals surface area contributed by atoms with E-state index in [2.05, 4.69) is 10.1 Å². The Kier molecular flexibility index (Phi) is 3.63. The number of benzene rings is 2.